The van der Waals surface area contributed by atoms with E-state index in [-0.39, 0.29) is 0 Å². The second-order valence-electron chi connectivity index (χ2n) is 4.27. The van der Waals surface area contributed by atoms with Gasteiger partial charge in [-0.25, -0.2) is 0 Å². The molecule has 1 heterocycles. The normalized spacial score (nSPS) is 13.3. The van der Waals surface area contributed by atoms with Crippen LogP contribution in [0.5, 0.6) is 0 Å². The summed E-state index contributed by atoms with van der Waals surface area (Å²) in [6.07, 6.45) is 3.43. The zero-order valence-electron chi connectivity index (χ0n) is 9.57. The van der Waals surface area contributed by atoms with Gasteiger partial charge in [0, 0.05) is 6.54 Å². The van der Waals surface area contributed by atoms with E-state index in [1.807, 2.05) is 0 Å². The van der Waals surface area contributed by atoms with Crippen LogP contribution in [0.15, 0.2) is 22.8 Å². The van der Waals surface area contributed by atoms with Gasteiger partial charge in [0.1, 0.15) is 11.9 Å². The number of aliphatic hydroxyl groups excluding tert-OH is 1. The van der Waals surface area contributed by atoms with Crippen molar-refractivity contribution in [3.63, 3.8) is 0 Å². The Morgan fingerprint density at radius 1 is 1.47 bits per heavy atom. The molecule has 0 saturated heterocycles. The van der Waals surface area contributed by atoms with Crippen molar-refractivity contribution >= 4 is 0 Å². The van der Waals surface area contributed by atoms with Gasteiger partial charge in [0.05, 0.1) is 6.26 Å². The van der Waals surface area contributed by atoms with E-state index in [1.54, 1.807) is 18.4 Å². The van der Waals surface area contributed by atoms with E-state index >= 15 is 0 Å². The maximum atomic E-state index is 9.66. The zero-order chi connectivity index (χ0) is 11.1. The summed E-state index contributed by atoms with van der Waals surface area (Å²) in [5, 5.41) is 12.9. The molecule has 3 heteroatoms. The number of rotatable bonds is 7. The summed E-state index contributed by atoms with van der Waals surface area (Å²) >= 11 is 0. The van der Waals surface area contributed by atoms with Crippen molar-refractivity contribution in [2.45, 2.75) is 32.8 Å². The Bertz CT molecular complexity index is 244. The van der Waals surface area contributed by atoms with E-state index in [2.05, 4.69) is 19.2 Å². The van der Waals surface area contributed by atoms with Crippen molar-refractivity contribution in [2.75, 3.05) is 13.1 Å². The van der Waals surface area contributed by atoms with E-state index in [0.717, 1.165) is 18.9 Å². The summed E-state index contributed by atoms with van der Waals surface area (Å²) in [6.45, 7) is 5.96. The van der Waals surface area contributed by atoms with E-state index < -0.39 is 6.10 Å². The minimum atomic E-state index is -0.529. The van der Waals surface area contributed by atoms with Crippen molar-refractivity contribution in [1.29, 1.82) is 0 Å². The molecule has 0 bridgehead atoms. The summed E-state index contributed by atoms with van der Waals surface area (Å²) in [6, 6.07) is 3.58. The van der Waals surface area contributed by atoms with Crippen LogP contribution < -0.4 is 5.32 Å². The van der Waals surface area contributed by atoms with Crippen LogP contribution >= 0.6 is 0 Å². The Hall–Kier alpha value is -0.800. The monoisotopic (exact) mass is 211 g/mol. The smallest absolute Gasteiger partial charge is 0.133 e. The molecule has 0 aliphatic carbocycles. The highest BCUT2D eigenvalue weighted by molar-refractivity contribution is 5.01. The highest BCUT2D eigenvalue weighted by atomic mass is 16.4. The minimum Gasteiger partial charge on any atom is -0.467 e. The molecule has 0 amide bonds. The van der Waals surface area contributed by atoms with Crippen LogP contribution in [0.3, 0.4) is 0 Å². The molecule has 1 rings (SSSR count). The molecule has 0 aliphatic rings. The molecule has 2 N–H and O–H groups in total. The average Bonchev–Trinajstić information content (AvgIpc) is 2.69. The topological polar surface area (TPSA) is 45.4 Å². The highest BCUT2D eigenvalue weighted by Crippen LogP contribution is 2.11. The third-order valence-electron chi connectivity index (χ3n) is 2.34. The van der Waals surface area contributed by atoms with Gasteiger partial charge in [0.2, 0.25) is 0 Å². The van der Waals surface area contributed by atoms with Crippen LogP contribution in [-0.4, -0.2) is 18.2 Å². The number of nitrogens with one attached hydrogen (secondary N) is 1. The van der Waals surface area contributed by atoms with Gasteiger partial charge in [0.25, 0.3) is 0 Å². The van der Waals surface area contributed by atoms with Crippen LogP contribution in [0, 0.1) is 5.92 Å². The van der Waals surface area contributed by atoms with Crippen LogP contribution in [-0.2, 0) is 0 Å². The Morgan fingerprint density at radius 2 is 2.27 bits per heavy atom. The second-order valence-corrected chi connectivity index (χ2v) is 4.27. The lowest BCUT2D eigenvalue weighted by Crippen LogP contribution is -2.22. The Balaban J connectivity index is 2.05. The highest BCUT2D eigenvalue weighted by Gasteiger charge is 2.08. The van der Waals surface area contributed by atoms with Crippen molar-refractivity contribution in [3.8, 4) is 0 Å². The first-order chi connectivity index (χ1) is 7.20. The molecule has 0 aromatic carbocycles. The SMILES string of the molecule is CC(C)CCCNCC(O)c1ccco1. The standard InChI is InChI=1S/C12H21NO2/c1-10(2)5-3-7-13-9-11(14)12-6-4-8-15-12/h4,6,8,10-11,13-14H,3,5,7,9H2,1-2H3. The molecular weight excluding hydrogens is 190 g/mol. The Kier molecular flexibility index (Phi) is 5.43. The molecule has 15 heavy (non-hydrogen) atoms. The summed E-state index contributed by atoms with van der Waals surface area (Å²) < 4.78 is 5.10. The van der Waals surface area contributed by atoms with Gasteiger partial charge in [-0.2, -0.15) is 0 Å². The fourth-order valence-electron chi connectivity index (χ4n) is 1.46. The first-order valence-electron chi connectivity index (χ1n) is 5.62. The molecule has 0 spiro atoms. The first kappa shape index (κ1) is 12.3. The van der Waals surface area contributed by atoms with Gasteiger partial charge in [0.15, 0.2) is 0 Å². The molecule has 0 radical (unpaired) electrons. The zero-order valence-corrected chi connectivity index (χ0v) is 9.57. The quantitative estimate of drug-likeness (QED) is 0.680. The Morgan fingerprint density at radius 3 is 2.87 bits per heavy atom. The molecule has 0 fully saturated rings. The molecule has 0 aliphatic heterocycles. The van der Waals surface area contributed by atoms with Crippen molar-refractivity contribution < 1.29 is 9.52 Å². The van der Waals surface area contributed by atoms with Crippen LogP contribution in [0.4, 0.5) is 0 Å². The maximum absolute atomic E-state index is 9.66. The molecule has 3 nitrogen and oxygen atoms in total. The third kappa shape index (κ3) is 5.00. The molecule has 1 aromatic rings. The summed E-state index contributed by atoms with van der Waals surface area (Å²) in [4.78, 5) is 0. The van der Waals surface area contributed by atoms with Crippen LogP contribution in [0.2, 0.25) is 0 Å². The van der Waals surface area contributed by atoms with Crippen LogP contribution in [0.1, 0.15) is 38.6 Å². The number of furan rings is 1. The number of hydrogen-bond donors (Lipinski definition) is 2. The van der Waals surface area contributed by atoms with Crippen LogP contribution in [0.25, 0.3) is 0 Å². The van der Waals surface area contributed by atoms with E-state index in [9.17, 15) is 5.11 Å². The van der Waals surface area contributed by atoms with Gasteiger partial charge in [-0.3, -0.25) is 0 Å². The molecule has 1 unspecified atom stereocenters. The lowest BCUT2D eigenvalue weighted by Gasteiger charge is -2.10. The van der Waals surface area contributed by atoms with Gasteiger partial charge < -0.3 is 14.8 Å². The first-order valence-corrected chi connectivity index (χ1v) is 5.62. The largest absolute Gasteiger partial charge is 0.467 e. The van der Waals surface area contributed by atoms with Gasteiger partial charge >= 0.3 is 0 Å². The predicted molar refractivity (Wildman–Crippen MR) is 60.6 cm³/mol. The van der Waals surface area contributed by atoms with Gasteiger partial charge in [-0.05, 0) is 37.4 Å². The fourth-order valence-corrected chi connectivity index (χ4v) is 1.46. The maximum Gasteiger partial charge on any atom is 0.133 e. The summed E-state index contributed by atoms with van der Waals surface area (Å²) in [5.74, 6) is 1.38. The number of hydrogen-bond acceptors (Lipinski definition) is 3. The van der Waals surface area contributed by atoms with Crippen molar-refractivity contribution in [2.24, 2.45) is 5.92 Å². The molecular formula is C12H21NO2. The van der Waals surface area contributed by atoms with Crippen molar-refractivity contribution in [3.05, 3.63) is 24.2 Å². The molecule has 86 valence electrons. The summed E-state index contributed by atoms with van der Waals surface area (Å²) in [7, 11) is 0. The fraction of sp³-hybridized carbons (Fsp3) is 0.667. The molecule has 1 aromatic heterocycles. The third-order valence-corrected chi connectivity index (χ3v) is 2.34. The molecule has 0 saturated carbocycles. The number of aliphatic hydroxyl groups is 1. The second kappa shape index (κ2) is 6.64. The minimum absolute atomic E-state index is 0.529. The predicted octanol–water partition coefficient (Wildman–Crippen LogP) is 2.34. The molecule has 1 atom stereocenters. The lowest BCUT2D eigenvalue weighted by molar-refractivity contribution is 0.147. The van der Waals surface area contributed by atoms with E-state index in [4.69, 9.17) is 4.42 Å². The van der Waals surface area contributed by atoms with Gasteiger partial charge in [-0.15, -0.1) is 0 Å². The van der Waals surface area contributed by atoms with Gasteiger partial charge in [-0.1, -0.05) is 13.8 Å². The van der Waals surface area contributed by atoms with Crippen molar-refractivity contribution in [1.82, 2.24) is 5.32 Å². The summed E-state index contributed by atoms with van der Waals surface area (Å²) in [5.41, 5.74) is 0. The lowest BCUT2D eigenvalue weighted by atomic mass is 10.1. The van der Waals surface area contributed by atoms with E-state index in [0.29, 0.717) is 12.3 Å². The Labute approximate surface area is 91.5 Å². The van der Waals surface area contributed by atoms with E-state index in [1.165, 1.54) is 6.42 Å². The average molecular weight is 211 g/mol.